The van der Waals surface area contributed by atoms with Gasteiger partial charge in [0.05, 0.1) is 15.7 Å². The number of rotatable bonds is 3. The summed E-state index contributed by atoms with van der Waals surface area (Å²) in [5.41, 5.74) is 2.52. The average molecular weight is 261 g/mol. The van der Waals surface area contributed by atoms with Crippen LogP contribution < -0.4 is 0 Å². The molecular weight excluding hydrogens is 246 g/mol. The van der Waals surface area contributed by atoms with E-state index in [9.17, 15) is 4.21 Å². The molecule has 1 aromatic carbocycles. The van der Waals surface area contributed by atoms with Crippen molar-refractivity contribution in [2.75, 3.05) is 5.75 Å². The molecule has 0 aliphatic carbocycles. The molecule has 0 N–H and O–H groups in total. The molecule has 3 nitrogen and oxygen atoms in total. The van der Waals surface area contributed by atoms with Crippen molar-refractivity contribution in [1.29, 1.82) is 0 Å². The van der Waals surface area contributed by atoms with Gasteiger partial charge in [-0.25, -0.2) is 4.98 Å². The monoisotopic (exact) mass is 261 g/mol. The Kier molecular flexibility index (Phi) is 3.04. The fourth-order valence-corrected chi connectivity index (χ4v) is 3.37. The summed E-state index contributed by atoms with van der Waals surface area (Å²) in [6, 6.07) is 3.91. The van der Waals surface area contributed by atoms with Gasteiger partial charge in [-0.05, 0) is 18.1 Å². The molecule has 0 saturated carbocycles. The van der Waals surface area contributed by atoms with E-state index < -0.39 is 10.8 Å². The Morgan fingerprint density at radius 2 is 2.33 bits per heavy atom. The van der Waals surface area contributed by atoms with E-state index >= 15 is 0 Å². The molecule has 1 aliphatic heterocycles. The first kappa shape index (κ1) is 11.7. The lowest BCUT2D eigenvalue weighted by atomic mass is 10.2. The summed E-state index contributed by atoms with van der Waals surface area (Å²) in [7, 11) is -1.00. The summed E-state index contributed by atoms with van der Waals surface area (Å²) >= 11 is 0. The Hall–Kier alpha value is -1.42. The van der Waals surface area contributed by atoms with E-state index in [-0.39, 0.29) is 0 Å². The summed E-state index contributed by atoms with van der Waals surface area (Å²) in [6.07, 6.45) is 6.98. The normalized spacial score (nSPS) is 18.2. The number of aryl methyl sites for hydroxylation is 1. The second-order valence-corrected chi connectivity index (χ2v) is 5.89. The minimum absolute atomic E-state index is 0.567. The van der Waals surface area contributed by atoms with Crippen molar-refractivity contribution in [3.63, 3.8) is 0 Å². The molecule has 0 amide bonds. The Labute approximate surface area is 108 Å². The van der Waals surface area contributed by atoms with Gasteiger partial charge >= 0.3 is 0 Å². The molecule has 0 fully saturated rings. The molecule has 0 bridgehead atoms. The highest BCUT2D eigenvalue weighted by atomic mass is 32.2. The van der Waals surface area contributed by atoms with Crippen LogP contribution in [-0.2, 0) is 17.2 Å². The van der Waals surface area contributed by atoms with Crippen molar-refractivity contribution in [1.82, 2.24) is 4.98 Å². The van der Waals surface area contributed by atoms with Crippen LogP contribution in [0, 0.1) is 0 Å². The first-order valence-electron chi connectivity index (χ1n) is 6.27. The average Bonchev–Trinajstić information content (AvgIpc) is 2.79. The Morgan fingerprint density at radius 3 is 3.17 bits per heavy atom. The topological polar surface area (TPSA) is 43.1 Å². The highest BCUT2D eigenvalue weighted by Crippen LogP contribution is 2.30. The van der Waals surface area contributed by atoms with E-state index in [4.69, 9.17) is 4.42 Å². The molecule has 1 unspecified atom stereocenters. The minimum Gasteiger partial charge on any atom is -0.439 e. The molecule has 4 heteroatoms. The van der Waals surface area contributed by atoms with Crippen LogP contribution in [0.5, 0.6) is 0 Å². The number of oxazole rings is 1. The molecule has 1 aliphatic rings. The van der Waals surface area contributed by atoms with E-state index in [1.807, 2.05) is 24.3 Å². The van der Waals surface area contributed by atoms with Crippen LogP contribution in [0.2, 0.25) is 0 Å². The molecular formula is C14H15NO2S. The van der Waals surface area contributed by atoms with Crippen LogP contribution in [0.4, 0.5) is 0 Å². The summed E-state index contributed by atoms with van der Waals surface area (Å²) in [6.45, 7) is 2.14. The van der Waals surface area contributed by atoms with Crippen LogP contribution in [0.25, 0.3) is 17.2 Å². The quantitative estimate of drug-likeness (QED) is 0.851. The van der Waals surface area contributed by atoms with Gasteiger partial charge in [0.1, 0.15) is 5.52 Å². The van der Waals surface area contributed by atoms with Crippen LogP contribution in [0.15, 0.2) is 27.5 Å². The van der Waals surface area contributed by atoms with Crippen molar-refractivity contribution >= 4 is 28.0 Å². The third-order valence-electron chi connectivity index (χ3n) is 3.10. The Bertz CT molecular complexity index is 643. The fourth-order valence-electron chi connectivity index (χ4n) is 2.18. The highest BCUT2D eigenvalue weighted by Gasteiger charge is 2.19. The van der Waals surface area contributed by atoms with Gasteiger partial charge in [-0.2, -0.15) is 0 Å². The lowest BCUT2D eigenvalue weighted by Gasteiger charge is -2.08. The maximum atomic E-state index is 12.1. The zero-order valence-electron chi connectivity index (χ0n) is 10.3. The number of nitrogens with zero attached hydrogens (tertiary/aromatic N) is 1. The summed E-state index contributed by atoms with van der Waals surface area (Å²) in [5.74, 6) is 1.32. The lowest BCUT2D eigenvalue weighted by Crippen LogP contribution is -2.02. The predicted molar refractivity (Wildman–Crippen MR) is 72.9 cm³/mol. The number of aromatic nitrogens is 1. The van der Waals surface area contributed by atoms with Crippen molar-refractivity contribution in [3.8, 4) is 0 Å². The molecule has 2 aromatic rings. The third-order valence-corrected chi connectivity index (χ3v) is 4.48. The number of fused-ring (bicyclic) bond motifs is 3. The SMILES string of the molecule is CCCCc1nc2ccc3c(c2o1)S(=O)CC=C3. The Balaban J connectivity index is 2.13. The molecule has 3 rings (SSSR count). The molecule has 18 heavy (non-hydrogen) atoms. The molecule has 0 radical (unpaired) electrons. The molecule has 94 valence electrons. The minimum atomic E-state index is -1.00. The second kappa shape index (κ2) is 4.69. The van der Waals surface area contributed by atoms with Gasteiger partial charge < -0.3 is 4.42 Å². The summed E-state index contributed by atoms with van der Waals surface area (Å²) in [5, 5.41) is 0. The number of unbranched alkanes of at least 4 members (excludes halogenated alkanes) is 1. The number of benzene rings is 1. The molecule has 2 heterocycles. The van der Waals surface area contributed by atoms with E-state index in [1.165, 1.54) is 0 Å². The molecule has 0 saturated heterocycles. The largest absolute Gasteiger partial charge is 0.439 e. The summed E-state index contributed by atoms with van der Waals surface area (Å²) < 4.78 is 17.9. The van der Waals surface area contributed by atoms with E-state index in [1.54, 1.807) is 0 Å². The van der Waals surface area contributed by atoms with Crippen LogP contribution in [-0.4, -0.2) is 14.9 Å². The summed E-state index contributed by atoms with van der Waals surface area (Å²) in [4.78, 5) is 5.28. The first-order valence-corrected chi connectivity index (χ1v) is 7.59. The molecule has 0 spiro atoms. The lowest BCUT2D eigenvalue weighted by molar-refractivity contribution is 0.513. The fraction of sp³-hybridized carbons (Fsp3) is 0.357. The maximum absolute atomic E-state index is 12.1. The third kappa shape index (κ3) is 1.90. The Morgan fingerprint density at radius 1 is 1.44 bits per heavy atom. The molecule has 1 aromatic heterocycles. The van der Waals surface area contributed by atoms with Crippen LogP contribution >= 0.6 is 0 Å². The van der Waals surface area contributed by atoms with Crippen molar-refractivity contribution in [3.05, 3.63) is 29.7 Å². The van der Waals surface area contributed by atoms with Crippen molar-refractivity contribution in [2.24, 2.45) is 0 Å². The maximum Gasteiger partial charge on any atom is 0.195 e. The zero-order chi connectivity index (χ0) is 12.5. The van der Waals surface area contributed by atoms with Gasteiger partial charge in [0, 0.05) is 12.2 Å². The van der Waals surface area contributed by atoms with Gasteiger partial charge in [0.25, 0.3) is 0 Å². The van der Waals surface area contributed by atoms with Gasteiger partial charge in [-0.3, -0.25) is 4.21 Å². The van der Waals surface area contributed by atoms with E-state index in [2.05, 4.69) is 11.9 Å². The second-order valence-electron chi connectivity index (χ2n) is 4.46. The smallest absolute Gasteiger partial charge is 0.195 e. The van der Waals surface area contributed by atoms with Crippen molar-refractivity contribution < 1.29 is 8.63 Å². The molecule has 1 atom stereocenters. The van der Waals surface area contributed by atoms with E-state index in [0.29, 0.717) is 11.3 Å². The highest BCUT2D eigenvalue weighted by molar-refractivity contribution is 7.85. The standard InChI is InChI=1S/C14H15NO2S/c1-2-3-6-12-15-11-8-7-10-5-4-9-18(16)14(10)13(11)17-12/h4-5,7-8H,2-3,6,9H2,1H3. The van der Waals surface area contributed by atoms with Crippen molar-refractivity contribution in [2.45, 2.75) is 31.1 Å². The van der Waals surface area contributed by atoms with Gasteiger partial charge in [0.15, 0.2) is 11.5 Å². The van der Waals surface area contributed by atoms with E-state index in [0.717, 1.165) is 41.1 Å². The van der Waals surface area contributed by atoms with Gasteiger partial charge in [-0.15, -0.1) is 0 Å². The number of hydrogen-bond donors (Lipinski definition) is 0. The van der Waals surface area contributed by atoms with Gasteiger partial charge in [0.2, 0.25) is 0 Å². The van der Waals surface area contributed by atoms with Gasteiger partial charge in [-0.1, -0.05) is 31.6 Å². The first-order chi connectivity index (χ1) is 8.79. The van der Waals surface area contributed by atoms with Crippen LogP contribution in [0.1, 0.15) is 31.2 Å². The number of hydrogen-bond acceptors (Lipinski definition) is 3. The predicted octanol–water partition coefficient (Wildman–Crippen LogP) is 3.30. The zero-order valence-corrected chi connectivity index (χ0v) is 11.1. The van der Waals surface area contributed by atoms with Crippen LogP contribution in [0.3, 0.4) is 0 Å².